The Morgan fingerprint density at radius 2 is 1.89 bits per heavy atom. The minimum absolute atomic E-state index is 0.154. The van der Waals surface area contributed by atoms with Gasteiger partial charge in [0.1, 0.15) is 5.56 Å². The van der Waals surface area contributed by atoms with Crippen LogP contribution in [0, 0.1) is 5.92 Å². The molecule has 1 saturated carbocycles. The molecule has 2 N–H and O–H groups in total. The molecule has 0 atom stereocenters. The molecule has 0 unspecified atom stereocenters. The fourth-order valence-corrected chi connectivity index (χ4v) is 2.15. The summed E-state index contributed by atoms with van der Waals surface area (Å²) in [7, 11) is 0. The van der Waals surface area contributed by atoms with Crippen LogP contribution in [-0.4, -0.2) is 14.7 Å². The first-order valence-electron chi connectivity index (χ1n) is 6.28. The lowest BCUT2D eigenvalue weighted by molar-refractivity contribution is 0.395. The second-order valence-corrected chi connectivity index (χ2v) is 4.88. The van der Waals surface area contributed by atoms with E-state index in [2.05, 4.69) is 4.98 Å². The van der Waals surface area contributed by atoms with Crippen molar-refractivity contribution in [2.75, 3.05) is 0 Å². The van der Waals surface area contributed by atoms with E-state index in [1.165, 1.54) is 4.57 Å². The zero-order chi connectivity index (χ0) is 13.4. The summed E-state index contributed by atoms with van der Waals surface area (Å²) in [6, 6.07) is 8.86. The molecular formula is C14H14N2O3. The largest absolute Gasteiger partial charge is 0.494 e. The van der Waals surface area contributed by atoms with E-state index in [0.29, 0.717) is 18.0 Å². The van der Waals surface area contributed by atoms with E-state index in [0.717, 1.165) is 12.8 Å². The fraction of sp³-hybridized carbons (Fsp3) is 0.286. The van der Waals surface area contributed by atoms with E-state index in [9.17, 15) is 14.7 Å². The second kappa shape index (κ2) is 4.42. The topological polar surface area (TPSA) is 75.1 Å². The van der Waals surface area contributed by atoms with E-state index in [-0.39, 0.29) is 11.4 Å². The summed E-state index contributed by atoms with van der Waals surface area (Å²) in [6.07, 6.45) is 2.12. The quantitative estimate of drug-likeness (QED) is 0.871. The van der Waals surface area contributed by atoms with Crippen molar-refractivity contribution in [1.29, 1.82) is 0 Å². The number of aromatic amines is 1. The van der Waals surface area contributed by atoms with Crippen LogP contribution in [0.25, 0.3) is 11.1 Å². The van der Waals surface area contributed by atoms with Crippen LogP contribution in [0.3, 0.4) is 0 Å². The Labute approximate surface area is 109 Å². The highest BCUT2D eigenvalue weighted by Crippen LogP contribution is 2.32. The van der Waals surface area contributed by atoms with E-state index in [4.69, 9.17) is 0 Å². The highest BCUT2D eigenvalue weighted by atomic mass is 16.3. The van der Waals surface area contributed by atoms with Crippen LogP contribution in [0.1, 0.15) is 12.8 Å². The zero-order valence-electron chi connectivity index (χ0n) is 10.3. The summed E-state index contributed by atoms with van der Waals surface area (Å²) in [6.45, 7) is 0.460. The van der Waals surface area contributed by atoms with Gasteiger partial charge >= 0.3 is 5.69 Å². The predicted octanol–water partition coefficient (Wildman–Crippen LogP) is 1.32. The lowest BCUT2D eigenvalue weighted by atomic mass is 10.1. The first-order valence-corrected chi connectivity index (χ1v) is 6.28. The van der Waals surface area contributed by atoms with Crippen molar-refractivity contribution < 1.29 is 5.11 Å². The molecular weight excluding hydrogens is 244 g/mol. The Kier molecular flexibility index (Phi) is 2.74. The van der Waals surface area contributed by atoms with E-state index >= 15 is 0 Å². The van der Waals surface area contributed by atoms with Crippen LogP contribution in [0.4, 0.5) is 0 Å². The number of hydrogen-bond acceptors (Lipinski definition) is 3. The number of hydrogen-bond donors (Lipinski definition) is 2. The van der Waals surface area contributed by atoms with Gasteiger partial charge in [-0.05, 0) is 24.3 Å². The van der Waals surface area contributed by atoms with Gasteiger partial charge in [0.2, 0.25) is 5.88 Å². The van der Waals surface area contributed by atoms with Gasteiger partial charge < -0.3 is 5.11 Å². The lowest BCUT2D eigenvalue weighted by Crippen LogP contribution is -2.31. The average Bonchev–Trinajstić information content (AvgIpc) is 3.19. The number of H-pyrrole nitrogens is 1. The number of rotatable bonds is 3. The predicted molar refractivity (Wildman–Crippen MR) is 71.1 cm³/mol. The van der Waals surface area contributed by atoms with Crippen LogP contribution >= 0.6 is 0 Å². The first-order chi connectivity index (χ1) is 9.16. The number of nitrogens with zero attached hydrogens (tertiary/aromatic N) is 1. The molecule has 19 heavy (non-hydrogen) atoms. The van der Waals surface area contributed by atoms with Gasteiger partial charge in [0.15, 0.2) is 0 Å². The van der Waals surface area contributed by atoms with Crippen molar-refractivity contribution >= 4 is 0 Å². The third-order valence-corrected chi connectivity index (χ3v) is 3.37. The number of benzene rings is 1. The van der Waals surface area contributed by atoms with Gasteiger partial charge in [-0.15, -0.1) is 0 Å². The molecule has 98 valence electrons. The Balaban J connectivity index is 2.18. The van der Waals surface area contributed by atoms with Crippen molar-refractivity contribution in [2.24, 2.45) is 5.92 Å². The van der Waals surface area contributed by atoms with E-state index in [1.807, 2.05) is 6.07 Å². The molecule has 1 aliphatic rings. The van der Waals surface area contributed by atoms with Crippen molar-refractivity contribution in [3.05, 3.63) is 51.2 Å². The minimum atomic E-state index is -0.555. The molecule has 2 aromatic rings. The molecule has 0 saturated heterocycles. The summed E-state index contributed by atoms with van der Waals surface area (Å²) < 4.78 is 1.25. The molecule has 0 bridgehead atoms. The van der Waals surface area contributed by atoms with Gasteiger partial charge in [0.25, 0.3) is 5.56 Å². The van der Waals surface area contributed by atoms with Crippen molar-refractivity contribution in [3.8, 4) is 17.0 Å². The SMILES string of the molecule is O=c1[nH]c(=O)n(CC2CC2)c(O)c1-c1ccccc1. The molecule has 5 heteroatoms. The zero-order valence-corrected chi connectivity index (χ0v) is 10.3. The van der Waals surface area contributed by atoms with Crippen LogP contribution in [0.5, 0.6) is 5.88 Å². The van der Waals surface area contributed by atoms with Crippen LogP contribution in [-0.2, 0) is 6.54 Å². The van der Waals surface area contributed by atoms with Crippen LogP contribution in [0.2, 0.25) is 0 Å². The molecule has 0 spiro atoms. The van der Waals surface area contributed by atoms with Gasteiger partial charge in [-0.2, -0.15) is 0 Å². The van der Waals surface area contributed by atoms with E-state index < -0.39 is 11.2 Å². The number of nitrogens with one attached hydrogen (secondary N) is 1. The van der Waals surface area contributed by atoms with Gasteiger partial charge in [-0.1, -0.05) is 30.3 Å². The molecule has 0 amide bonds. The molecule has 0 radical (unpaired) electrons. The molecule has 1 fully saturated rings. The molecule has 1 aromatic carbocycles. The van der Waals surface area contributed by atoms with Gasteiger partial charge in [0.05, 0.1) is 0 Å². The van der Waals surface area contributed by atoms with Crippen LogP contribution in [0.15, 0.2) is 39.9 Å². The number of aromatic nitrogens is 2. The Hall–Kier alpha value is -2.30. The summed E-state index contributed by atoms with van der Waals surface area (Å²) in [4.78, 5) is 25.9. The maximum Gasteiger partial charge on any atom is 0.331 e. The van der Waals surface area contributed by atoms with Gasteiger partial charge in [-0.3, -0.25) is 14.3 Å². The number of aromatic hydroxyl groups is 1. The minimum Gasteiger partial charge on any atom is -0.494 e. The average molecular weight is 258 g/mol. The van der Waals surface area contributed by atoms with Crippen molar-refractivity contribution in [2.45, 2.75) is 19.4 Å². The monoisotopic (exact) mass is 258 g/mol. The lowest BCUT2D eigenvalue weighted by Gasteiger charge is -2.10. The fourth-order valence-electron chi connectivity index (χ4n) is 2.15. The van der Waals surface area contributed by atoms with E-state index in [1.54, 1.807) is 24.3 Å². The summed E-state index contributed by atoms with van der Waals surface area (Å²) in [5.41, 5.74) is -0.346. The normalized spacial score (nSPS) is 14.5. The molecule has 0 aliphatic heterocycles. The Bertz CT molecular complexity index is 712. The molecule has 1 heterocycles. The van der Waals surface area contributed by atoms with Crippen molar-refractivity contribution in [1.82, 2.24) is 9.55 Å². The molecule has 1 aromatic heterocycles. The standard InChI is InChI=1S/C14H14N2O3/c17-12-11(10-4-2-1-3-5-10)13(18)16(14(19)15-12)8-9-6-7-9/h1-5,9,18H,6-8H2,(H,15,17,19). The third kappa shape index (κ3) is 2.19. The maximum atomic E-state index is 11.9. The summed E-state index contributed by atoms with van der Waals surface area (Å²) in [5.74, 6) is 0.185. The highest BCUT2D eigenvalue weighted by Gasteiger charge is 2.25. The molecule has 1 aliphatic carbocycles. The summed E-state index contributed by atoms with van der Waals surface area (Å²) >= 11 is 0. The Morgan fingerprint density at radius 1 is 1.21 bits per heavy atom. The van der Waals surface area contributed by atoms with Crippen molar-refractivity contribution in [3.63, 3.8) is 0 Å². The Morgan fingerprint density at radius 3 is 2.53 bits per heavy atom. The second-order valence-electron chi connectivity index (χ2n) is 4.88. The molecule has 5 nitrogen and oxygen atoms in total. The summed E-state index contributed by atoms with van der Waals surface area (Å²) in [5, 5.41) is 10.2. The maximum absolute atomic E-state index is 11.9. The van der Waals surface area contributed by atoms with Gasteiger partial charge in [0, 0.05) is 6.54 Å². The smallest absolute Gasteiger partial charge is 0.331 e. The third-order valence-electron chi connectivity index (χ3n) is 3.37. The van der Waals surface area contributed by atoms with Gasteiger partial charge in [-0.25, -0.2) is 4.79 Å². The highest BCUT2D eigenvalue weighted by molar-refractivity contribution is 5.67. The van der Waals surface area contributed by atoms with Crippen LogP contribution < -0.4 is 11.2 Å². The molecule has 3 rings (SSSR count). The first kappa shape index (κ1) is 11.8.